The summed E-state index contributed by atoms with van der Waals surface area (Å²) in [5, 5.41) is 16.8. The highest BCUT2D eigenvalue weighted by molar-refractivity contribution is 5.98. The fraction of sp³-hybridized carbons (Fsp3) is 0.491. The van der Waals surface area contributed by atoms with Crippen molar-refractivity contribution in [3.63, 3.8) is 0 Å². The van der Waals surface area contributed by atoms with Crippen molar-refractivity contribution in [1.82, 2.24) is 30.1 Å². The summed E-state index contributed by atoms with van der Waals surface area (Å²) in [5.74, 6) is -2.80. The lowest BCUT2D eigenvalue weighted by atomic mass is 9.84. The Balaban J connectivity index is 1.20. The summed E-state index contributed by atoms with van der Waals surface area (Å²) in [6.45, 7) is 18.2. The first-order valence-corrected chi connectivity index (χ1v) is 24.2. The Morgan fingerprint density at radius 3 is 2.50 bits per heavy atom. The van der Waals surface area contributed by atoms with Gasteiger partial charge in [0.1, 0.15) is 23.9 Å². The number of amides is 4. The van der Waals surface area contributed by atoms with E-state index in [1.54, 1.807) is 24.1 Å². The molecule has 68 heavy (non-hydrogen) atoms. The monoisotopic (exact) mass is 930 g/mol. The van der Waals surface area contributed by atoms with Gasteiger partial charge < -0.3 is 39.2 Å². The molecule has 0 radical (unpaired) electrons. The van der Waals surface area contributed by atoms with Crippen molar-refractivity contribution in [2.45, 2.75) is 91.4 Å². The fourth-order valence-corrected chi connectivity index (χ4v) is 10.7. The molecule has 3 saturated heterocycles. The van der Waals surface area contributed by atoms with Gasteiger partial charge in [0.15, 0.2) is 0 Å². The number of aryl methyl sites for hydroxylation is 1. The Bertz CT molecular complexity index is 2580. The van der Waals surface area contributed by atoms with E-state index in [9.17, 15) is 29.1 Å². The number of hydrogen-bond donors (Lipinski definition) is 3. The van der Waals surface area contributed by atoms with Crippen molar-refractivity contribution >= 4 is 46.2 Å². The molecule has 0 unspecified atom stereocenters. The van der Waals surface area contributed by atoms with Gasteiger partial charge in [0, 0.05) is 80.3 Å². The number of phenols is 1. The van der Waals surface area contributed by atoms with Crippen molar-refractivity contribution in [3.05, 3.63) is 84.4 Å². The van der Waals surface area contributed by atoms with E-state index in [-0.39, 0.29) is 49.6 Å². The van der Waals surface area contributed by atoms with Crippen molar-refractivity contribution in [3.8, 4) is 28.1 Å². The van der Waals surface area contributed by atoms with Gasteiger partial charge in [-0.3, -0.25) is 29.0 Å². The molecule has 0 aliphatic carbocycles. The van der Waals surface area contributed by atoms with E-state index in [4.69, 9.17) is 9.47 Å². The maximum Gasteiger partial charge on any atom is 0.324 e. The van der Waals surface area contributed by atoms with Crippen LogP contribution in [0.1, 0.15) is 65.0 Å². The molecule has 4 atom stereocenters. The number of phenolic OH excluding ortho intramolecular Hbond substituents is 1. The van der Waals surface area contributed by atoms with Crippen LogP contribution in [0, 0.1) is 17.3 Å². The number of carbonyl (C=O) groups is 5. The number of cyclic esters (lactones) is 1. The van der Waals surface area contributed by atoms with Gasteiger partial charge in [0.05, 0.1) is 31.4 Å². The van der Waals surface area contributed by atoms with Crippen molar-refractivity contribution in [1.29, 1.82) is 0 Å². The van der Waals surface area contributed by atoms with E-state index < -0.39 is 47.2 Å². The zero-order chi connectivity index (χ0) is 48.4. The summed E-state index contributed by atoms with van der Waals surface area (Å²) >= 11 is 0. The van der Waals surface area contributed by atoms with Crippen LogP contribution in [0.2, 0.25) is 0 Å². The van der Waals surface area contributed by atoms with Crippen LogP contribution in [-0.4, -0.2) is 132 Å². The molecule has 5 heterocycles. The molecule has 15 heteroatoms. The molecule has 4 aromatic rings. The van der Waals surface area contributed by atoms with Crippen LogP contribution >= 0.6 is 0 Å². The molecule has 6 bridgehead atoms. The zero-order valence-electron chi connectivity index (χ0n) is 40.4. The summed E-state index contributed by atoms with van der Waals surface area (Å²) in [7, 11) is 1.59. The molecule has 4 aliphatic heterocycles. The zero-order valence-corrected chi connectivity index (χ0v) is 40.4. The van der Waals surface area contributed by atoms with Crippen LogP contribution < -0.4 is 15.6 Å². The maximum absolute atomic E-state index is 14.8. The topological polar surface area (TPSA) is 166 Å². The second-order valence-corrected chi connectivity index (χ2v) is 19.9. The predicted molar refractivity (Wildman–Crippen MR) is 261 cm³/mol. The number of aromatic nitrogens is 1. The number of likely N-dealkylation sites (N-methyl/N-ethyl adjacent to an activating group) is 1. The largest absolute Gasteiger partial charge is 0.508 e. The smallest absolute Gasteiger partial charge is 0.324 e. The Morgan fingerprint density at radius 1 is 1.00 bits per heavy atom. The molecule has 0 saturated carbocycles. The van der Waals surface area contributed by atoms with Gasteiger partial charge >= 0.3 is 5.97 Å². The summed E-state index contributed by atoms with van der Waals surface area (Å²) in [6.07, 6.45) is 3.24. The average Bonchev–Trinajstić information content (AvgIpc) is 3.95. The number of hydrazine groups is 1. The van der Waals surface area contributed by atoms with Gasteiger partial charge in [-0.1, -0.05) is 64.6 Å². The second kappa shape index (κ2) is 20.2. The highest BCUT2D eigenvalue weighted by atomic mass is 16.5. The molecular weight excluding hydrogens is 863 g/mol. The van der Waals surface area contributed by atoms with E-state index >= 15 is 0 Å². The van der Waals surface area contributed by atoms with Crippen LogP contribution in [0.25, 0.3) is 33.3 Å². The summed E-state index contributed by atoms with van der Waals surface area (Å²) in [5.41, 5.74) is 10.3. The van der Waals surface area contributed by atoms with E-state index in [0.717, 1.165) is 57.6 Å². The molecule has 0 spiro atoms. The average molecular weight is 930 g/mol. The quantitative estimate of drug-likeness (QED) is 0.140. The molecule has 4 amide bonds. The molecule has 3 N–H and O–H groups in total. The Hall–Kier alpha value is -6.19. The number of carbonyl (C=O) groups excluding carboxylic acids is 5. The molecule has 1 aromatic heterocycles. The van der Waals surface area contributed by atoms with Crippen molar-refractivity contribution in [2.24, 2.45) is 17.3 Å². The number of esters is 1. The number of para-hydroxylation sites is 1. The van der Waals surface area contributed by atoms with E-state index in [1.165, 1.54) is 16.0 Å². The Morgan fingerprint density at radius 2 is 1.76 bits per heavy atom. The predicted octanol–water partition coefficient (Wildman–Crippen LogP) is 5.70. The summed E-state index contributed by atoms with van der Waals surface area (Å²) in [4.78, 5) is 75.0. The van der Waals surface area contributed by atoms with Crippen LogP contribution in [0.15, 0.2) is 73.3 Å². The Kier molecular flexibility index (Phi) is 14.3. The number of hydrogen-bond acceptors (Lipinski definition) is 10. The first-order chi connectivity index (χ1) is 32.6. The number of nitrogens with zero attached hydrogens (tertiary/aromatic N) is 5. The molecule has 8 rings (SSSR count). The summed E-state index contributed by atoms with van der Waals surface area (Å²) < 4.78 is 14.3. The lowest BCUT2D eigenvalue weighted by Crippen LogP contribution is -2.62. The van der Waals surface area contributed by atoms with Gasteiger partial charge in [-0.15, -0.1) is 0 Å². The highest BCUT2D eigenvalue weighted by Gasteiger charge is 2.40. The SMILES string of the molecule is C=CC(=O)N1CC[C@H](C(=O)N(C)[C@H](C(=O)N[C@H]2Cc3cc(O)cc(c3)-c3ccc4c(c3)c(c(-c3ccccc3N3CCOCC3)n4CC)CC(C)(C)COC(=O)[C@@H]3CCCN(N3)C2=O)C(C)C)C1. The number of likely N-dealkylation sites (tertiary alicyclic amines) is 1. The number of rotatable bonds is 9. The highest BCUT2D eigenvalue weighted by Crippen LogP contribution is 2.43. The third kappa shape index (κ3) is 10.0. The third-order valence-electron chi connectivity index (χ3n) is 14.0. The normalized spacial score (nSPS) is 21.6. The van der Waals surface area contributed by atoms with Gasteiger partial charge in [-0.2, -0.15) is 0 Å². The number of morpholine rings is 1. The van der Waals surface area contributed by atoms with Crippen LogP contribution in [-0.2, 0) is 52.8 Å². The minimum absolute atomic E-state index is 0.000635. The lowest BCUT2D eigenvalue weighted by Gasteiger charge is -2.37. The minimum Gasteiger partial charge on any atom is -0.508 e. The molecular formula is C53H67N7O8. The minimum atomic E-state index is -1.16. The first-order valence-electron chi connectivity index (χ1n) is 24.2. The van der Waals surface area contributed by atoms with E-state index in [0.29, 0.717) is 57.6 Å². The number of aromatic hydroxyl groups is 1. The number of ether oxygens (including phenoxy) is 2. The lowest BCUT2D eigenvalue weighted by molar-refractivity contribution is -0.155. The molecule has 3 aromatic carbocycles. The van der Waals surface area contributed by atoms with Gasteiger partial charge in [0.2, 0.25) is 17.7 Å². The Labute approximate surface area is 399 Å². The van der Waals surface area contributed by atoms with Gasteiger partial charge in [-0.05, 0) is 97.2 Å². The van der Waals surface area contributed by atoms with Crippen molar-refractivity contribution < 1.29 is 38.6 Å². The second-order valence-electron chi connectivity index (χ2n) is 19.9. The van der Waals surface area contributed by atoms with Crippen LogP contribution in [0.5, 0.6) is 5.75 Å². The first kappa shape index (κ1) is 48.3. The number of benzene rings is 3. The fourth-order valence-electron chi connectivity index (χ4n) is 10.7. The van der Waals surface area contributed by atoms with E-state index in [1.807, 2.05) is 19.9 Å². The third-order valence-corrected chi connectivity index (χ3v) is 14.0. The maximum atomic E-state index is 14.8. The standard InChI is InChI=1S/C53H67N7O8/c1-8-46(62)58-20-18-36(31-58)50(64)56(7)47(33(3)4)49(63)54-43-27-34-25-37(28-38(61)26-34)35-16-17-45-40(29-35)41(30-53(5,6)32-68-52(66)42-14-12-19-60(55-42)51(43)65)48(59(45)9-2)39-13-10-11-15-44(39)57-21-23-67-24-22-57/h8,10-11,13,15-17,25-26,28-29,33,36,42-43,47,55,61H,1,9,12,14,18-24,27,30-32H2,2-7H3,(H,54,63)/t36-,42-,43-,47-/m0/s1. The number of anilines is 1. The number of fused-ring (bicyclic) bond motifs is 6. The van der Waals surface area contributed by atoms with E-state index in [2.05, 4.69) is 90.0 Å². The van der Waals surface area contributed by atoms with Gasteiger partial charge in [0.25, 0.3) is 5.91 Å². The van der Waals surface area contributed by atoms with Gasteiger partial charge in [-0.25, -0.2) is 5.43 Å². The number of nitrogens with one attached hydrogen (secondary N) is 2. The molecule has 362 valence electrons. The molecule has 15 nitrogen and oxygen atoms in total. The van der Waals surface area contributed by atoms with Crippen LogP contribution in [0.3, 0.4) is 0 Å². The van der Waals surface area contributed by atoms with Crippen LogP contribution in [0.4, 0.5) is 5.69 Å². The molecule has 3 fully saturated rings. The van der Waals surface area contributed by atoms with Crippen molar-refractivity contribution in [2.75, 3.05) is 64.5 Å². The molecule has 4 aliphatic rings. The summed E-state index contributed by atoms with van der Waals surface area (Å²) in [6, 6.07) is 17.2.